The van der Waals surface area contributed by atoms with E-state index in [4.69, 9.17) is 11.6 Å². The zero-order chi connectivity index (χ0) is 12.4. The van der Waals surface area contributed by atoms with Crippen LogP contribution in [0, 0.1) is 0 Å². The Labute approximate surface area is 123 Å². The van der Waals surface area contributed by atoms with Crippen LogP contribution in [0.4, 0.5) is 0 Å². The average molecular weight is 381 g/mol. The first-order valence-corrected chi connectivity index (χ1v) is 7.74. The van der Waals surface area contributed by atoms with E-state index in [1.54, 1.807) is 18.2 Å². The van der Waals surface area contributed by atoms with E-state index < -0.39 is 0 Å². The summed E-state index contributed by atoms with van der Waals surface area (Å²) in [6.45, 7) is 0.837. The van der Waals surface area contributed by atoms with Crippen molar-refractivity contribution in [3.05, 3.63) is 33.3 Å². The fraction of sp³-hybridized carbons (Fsp3) is 0.417. The monoisotopic (exact) mass is 379 g/mol. The van der Waals surface area contributed by atoms with Gasteiger partial charge < -0.3 is 4.90 Å². The minimum absolute atomic E-state index is 0.0792. The number of benzene rings is 1. The van der Waals surface area contributed by atoms with Crippen LogP contribution < -0.4 is 0 Å². The summed E-state index contributed by atoms with van der Waals surface area (Å²) in [4.78, 5) is 14.3. The Bertz CT molecular complexity index is 439. The second kappa shape index (κ2) is 5.72. The number of halogens is 3. The van der Waals surface area contributed by atoms with Gasteiger partial charge in [-0.15, -0.1) is 0 Å². The molecule has 0 saturated carbocycles. The van der Waals surface area contributed by atoms with Gasteiger partial charge in [-0.25, -0.2) is 0 Å². The molecule has 1 saturated heterocycles. The number of likely N-dealkylation sites (tertiary alicyclic amines) is 1. The maximum Gasteiger partial charge on any atom is 0.255 e. The molecule has 1 heterocycles. The van der Waals surface area contributed by atoms with Gasteiger partial charge in [-0.1, -0.05) is 27.5 Å². The normalized spacial score (nSPS) is 19.7. The van der Waals surface area contributed by atoms with Gasteiger partial charge in [0.2, 0.25) is 0 Å². The van der Waals surface area contributed by atoms with Gasteiger partial charge in [0.25, 0.3) is 5.91 Å². The van der Waals surface area contributed by atoms with Gasteiger partial charge in [-0.2, -0.15) is 0 Å². The van der Waals surface area contributed by atoms with Crippen molar-refractivity contribution < 1.29 is 4.79 Å². The Balaban J connectivity index is 2.24. The van der Waals surface area contributed by atoms with Crippen LogP contribution in [-0.4, -0.2) is 28.7 Å². The summed E-state index contributed by atoms with van der Waals surface area (Å²) in [6, 6.07) is 5.59. The molecule has 1 unspecified atom stereocenters. The lowest BCUT2D eigenvalue weighted by Gasteiger charge is -2.23. The predicted molar refractivity (Wildman–Crippen MR) is 77.0 cm³/mol. The highest BCUT2D eigenvalue weighted by Gasteiger charge is 2.29. The first-order chi connectivity index (χ1) is 8.13. The molecular weight excluding hydrogens is 369 g/mol. The third-order valence-electron chi connectivity index (χ3n) is 2.98. The third-order valence-corrected chi connectivity index (χ3v) is 4.62. The van der Waals surface area contributed by atoms with Gasteiger partial charge in [0, 0.05) is 27.4 Å². The summed E-state index contributed by atoms with van der Waals surface area (Å²) < 4.78 is 0.759. The van der Waals surface area contributed by atoms with Gasteiger partial charge in [0.15, 0.2) is 0 Å². The maximum absolute atomic E-state index is 12.4. The van der Waals surface area contributed by atoms with Crippen LogP contribution in [0.15, 0.2) is 22.7 Å². The van der Waals surface area contributed by atoms with E-state index in [1.807, 2.05) is 4.90 Å². The molecule has 92 valence electrons. The smallest absolute Gasteiger partial charge is 0.255 e. The highest BCUT2D eigenvalue weighted by atomic mass is 79.9. The molecule has 1 aromatic rings. The largest absolute Gasteiger partial charge is 0.335 e. The Morgan fingerprint density at radius 3 is 2.94 bits per heavy atom. The molecule has 1 amide bonds. The Hall–Kier alpha value is -0.0600. The van der Waals surface area contributed by atoms with Crippen LogP contribution in [0.25, 0.3) is 0 Å². The second-order valence-electron chi connectivity index (χ2n) is 4.07. The van der Waals surface area contributed by atoms with Crippen LogP contribution in [0.1, 0.15) is 23.2 Å². The molecule has 2 rings (SSSR count). The fourth-order valence-electron chi connectivity index (χ4n) is 2.08. The first kappa shape index (κ1) is 13.4. The number of rotatable bonds is 2. The molecule has 1 atom stereocenters. The van der Waals surface area contributed by atoms with Crippen molar-refractivity contribution in [1.29, 1.82) is 0 Å². The fourth-order valence-corrected chi connectivity index (χ4v) is 3.61. The van der Waals surface area contributed by atoms with Gasteiger partial charge in [-0.3, -0.25) is 4.79 Å². The van der Waals surface area contributed by atoms with E-state index in [1.165, 1.54) is 0 Å². The minimum atomic E-state index is 0.0792. The van der Waals surface area contributed by atoms with Gasteiger partial charge >= 0.3 is 0 Å². The highest BCUT2D eigenvalue weighted by Crippen LogP contribution is 2.26. The average Bonchev–Trinajstić information content (AvgIpc) is 2.76. The maximum atomic E-state index is 12.4. The number of carbonyl (C=O) groups is 1. The first-order valence-electron chi connectivity index (χ1n) is 5.45. The molecule has 1 aliphatic heterocycles. The van der Waals surface area contributed by atoms with Gasteiger partial charge in [0.1, 0.15) is 0 Å². The summed E-state index contributed by atoms with van der Waals surface area (Å²) in [7, 11) is 0. The summed E-state index contributed by atoms with van der Waals surface area (Å²) >= 11 is 12.7. The van der Waals surface area contributed by atoms with Crippen LogP contribution in [0.3, 0.4) is 0 Å². The molecule has 1 aromatic carbocycles. The van der Waals surface area contributed by atoms with E-state index >= 15 is 0 Å². The van der Waals surface area contributed by atoms with Crippen molar-refractivity contribution in [2.24, 2.45) is 0 Å². The molecule has 0 spiro atoms. The van der Waals surface area contributed by atoms with E-state index in [-0.39, 0.29) is 5.91 Å². The van der Waals surface area contributed by atoms with Gasteiger partial charge in [0.05, 0.1) is 5.56 Å². The number of amides is 1. The molecular formula is C12H12Br2ClNO. The number of hydrogen-bond donors (Lipinski definition) is 0. The van der Waals surface area contributed by atoms with Crippen LogP contribution in [-0.2, 0) is 0 Å². The third kappa shape index (κ3) is 2.85. The standard InChI is InChI=1S/C12H12Br2ClNO/c13-7-9-2-1-5-16(9)12(17)10-4-3-8(15)6-11(10)14/h3-4,6,9H,1-2,5,7H2. The number of nitrogens with zero attached hydrogens (tertiary/aromatic N) is 1. The Kier molecular flexibility index (Phi) is 4.50. The van der Waals surface area contributed by atoms with Crippen LogP contribution in [0.2, 0.25) is 5.02 Å². The van der Waals surface area contributed by atoms with E-state index in [9.17, 15) is 4.79 Å². The van der Waals surface area contributed by atoms with E-state index in [2.05, 4.69) is 31.9 Å². The molecule has 1 aliphatic rings. The lowest BCUT2D eigenvalue weighted by Crippen LogP contribution is -2.36. The molecule has 17 heavy (non-hydrogen) atoms. The zero-order valence-electron chi connectivity index (χ0n) is 9.13. The molecule has 5 heteroatoms. The Morgan fingerprint density at radius 1 is 1.53 bits per heavy atom. The number of alkyl halides is 1. The van der Waals surface area contributed by atoms with Crippen molar-refractivity contribution in [2.45, 2.75) is 18.9 Å². The summed E-state index contributed by atoms with van der Waals surface area (Å²) in [5.41, 5.74) is 0.683. The second-order valence-corrected chi connectivity index (χ2v) is 6.01. The SMILES string of the molecule is O=C(c1ccc(Cl)cc1Br)N1CCCC1CBr. The molecule has 2 nitrogen and oxygen atoms in total. The number of hydrogen-bond acceptors (Lipinski definition) is 1. The van der Waals surface area contributed by atoms with E-state index in [0.717, 1.165) is 29.2 Å². The molecule has 0 N–H and O–H groups in total. The summed E-state index contributed by atoms with van der Waals surface area (Å²) in [5, 5.41) is 1.47. The lowest BCUT2D eigenvalue weighted by atomic mass is 10.2. The topological polar surface area (TPSA) is 20.3 Å². The van der Waals surface area contributed by atoms with Crippen molar-refractivity contribution in [2.75, 3.05) is 11.9 Å². The van der Waals surface area contributed by atoms with Crippen LogP contribution in [0.5, 0.6) is 0 Å². The predicted octanol–water partition coefficient (Wildman–Crippen LogP) is 4.10. The molecule has 0 bridgehead atoms. The Morgan fingerprint density at radius 2 is 2.29 bits per heavy atom. The summed E-state index contributed by atoms with van der Waals surface area (Å²) in [6.07, 6.45) is 2.15. The molecule has 1 fully saturated rings. The molecule has 0 radical (unpaired) electrons. The quantitative estimate of drug-likeness (QED) is 0.707. The van der Waals surface area contributed by atoms with Crippen molar-refractivity contribution in [3.8, 4) is 0 Å². The summed E-state index contributed by atoms with van der Waals surface area (Å²) in [5.74, 6) is 0.0792. The lowest BCUT2D eigenvalue weighted by molar-refractivity contribution is 0.0749. The molecule has 0 aliphatic carbocycles. The van der Waals surface area contributed by atoms with Crippen LogP contribution >= 0.6 is 43.5 Å². The zero-order valence-corrected chi connectivity index (χ0v) is 13.1. The number of carbonyl (C=O) groups excluding carboxylic acids is 1. The van der Waals surface area contributed by atoms with Crippen molar-refractivity contribution in [3.63, 3.8) is 0 Å². The van der Waals surface area contributed by atoms with Gasteiger partial charge in [-0.05, 0) is 47.0 Å². The highest BCUT2D eigenvalue weighted by molar-refractivity contribution is 9.10. The minimum Gasteiger partial charge on any atom is -0.335 e. The van der Waals surface area contributed by atoms with E-state index in [0.29, 0.717) is 16.6 Å². The van der Waals surface area contributed by atoms with Crippen molar-refractivity contribution >= 4 is 49.4 Å². The molecule has 0 aromatic heterocycles. The van der Waals surface area contributed by atoms with Crippen molar-refractivity contribution in [1.82, 2.24) is 4.90 Å².